The molecule has 4 rings (SSSR count). The van der Waals surface area contributed by atoms with Crippen LogP contribution in [-0.4, -0.2) is 37.7 Å². The average molecular weight is 453 g/mol. The van der Waals surface area contributed by atoms with Crippen molar-refractivity contribution in [1.82, 2.24) is 0 Å². The van der Waals surface area contributed by atoms with Crippen LogP contribution in [0.4, 0.5) is 0 Å². The van der Waals surface area contributed by atoms with Crippen molar-refractivity contribution in [2.75, 3.05) is 20.8 Å². The highest BCUT2D eigenvalue weighted by Gasteiger charge is 2.53. The molecule has 0 heterocycles. The normalized spacial score (nSPS) is 17.0. The molecule has 2 aromatic carbocycles. The van der Waals surface area contributed by atoms with Gasteiger partial charge in [0.1, 0.15) is 0 Å². The van der Waals surface area contributed by atoms with Crippen molar-refractivity contribution in [2.45, 2.75) is 52.4 Å². The van der Waals surface area contributed by atoms with Gasteiger partial charge in [-0.2, -0.15) is 0 Å². The van der Waals surface area contributed by atoms with Gasteiger partial charge in [0.2, 0.25) is 5.75 Å². The van der Waals surface area contributed by atoms with Crippen molar-refractivity contribution in [2.24, 2.45) is 10.8 Å². The predicted molar refractivity (Wildman–Crippen MR) is 125 cm³/mol. The summed E-state index contributed by atoms with van der Waals surface area (Å²) in [6, 6.07) is 9.60. The van der Waals surface area contributed by atoms with Gasteiger partial charge >= 0.3 is 5.97 Å². The van der Waals surface area contributed by atoms with Crippen LogP contribution in [0.1, 0.15) is 61.9 Å². The Morgan fingerprint density at radius 3 is 2.33 bits per heavy atom. The molecule has 0 spiro atoms. The summed E-state index contributed by atoms with van der Waals surface area (Å²) < 4.78 is 17.6. The van der Waals surface area contributed by atoms with E-state index in [2.05, 4.69) is 0 Å². The smallest absolute Gasteiger partial charge is 0.310 e. The van der Waals surface area contributed by atoms with Gasteiger partial charge < -0.3 is 19.3 Å². The van der Waals surface area contributed by atoms with Crippen molar-refractivity contribution in [3.05, 3.63) is 41.5 Å². The van der Waals surface area contributed by atoms with E-state index in [4.69, 9.17) is 14.2 Å². The molecule has 0 aromatic heterocycles. The highest BCUT2D eigenvalue weighted by atomic mass is 16.5. The number of ketones is 1. The van der Waals surface area contributed by atoms with Gasteiger partial charge in [-0.1, -0.05) is 44.9 Å². The van der Waals surface area contributed by atoms with Gasteiger partial charge in [-0.05, 0) is 42.5 Å². The number of aliphatic carboxylic acids is 1. The van der Waals surface area contributed by atoms with Crippen molar-refractivity contribution < 1.29 is 28.9 Å². The highest BCUT2D eigenvalue weighted by Crippen LogP contribution is 2.53. The molecule has 0 aliphatic heterocycles. The number of Topliss-reactive ketones (excluding diaryl/α,β-unsaturated/α-hetero) is 1. The first-order chi connectivity index (χ1) is 15.7. The van der Waals surface area contributed by atoms with Crippen LogP contribution >= 0.6 is 0 Å². The van der Waals surface area contributed by atoms with E-state index in [-0.39, 0.29) is 12.4 Å². The molecule has 0 unspecified atom stereocenters. The number of hydrogen-bond donors (Lipinski definition) is 1. The molecule has 2 aromatic rings. The Bertz CT molecular complexity index is 1080. The van der Waals surface area contributed by atoms with Crippen molar-refractivity contribution in [1.29, 1.82) is 0 Å². The van der Waals surface area contributed by atoms with Gasteiger partial charge in [0.25, 0.3) is 0 Å². The van der Waals surface area contributed by atoms with E-state index in [0.717, 1.165) is 41.5 Å². The highest BCUT2D eigenvalue weighted by molar-refractivity contribution is 6.01. The van der Waals surface area contributed by atoms with Crippen molar-refractivity contribution in [3.8, 4) is 28.4 Å². The number of carboxylic acids is 1. The summed E-state index contributed by atoms with van der Waals surface area (Å²) in [5.41, 5.74) is 2.16. The number of fused-ring (bicyclic) bond motifs is 1. The zero-order valence-corrected chi connectivity index (χ0v) is 19.8. The Labute approximate surface area is 194 Å². The van der Waals surface area contributed by atoms with Gasteiger partial charge in [0.15, 0.2) is 17.3 Å². The second kappa shape index (κ2) is 8.73. The molecular formula is C27H32O6. The Morgan fingerprint density at radius 2 is 1.70 bits per heavy atom. The number of carboxylic acid groups (broad SMARTS) is 1. The van der Waals surface area contributed by atoms with E-state index in [1.54, 1.807) is 14.2 Å². The molecule has 1 N–H and O–H groups in total. The van der Waals surface area contributed by atoms with E-state index in [0.29, 0.717) is 36.5 Å². The van der Waals surface area contributed by atoms with Crippen LogP contribution in [0.2, 0.25) is 0 Å². The lowest BCUT2D eigenvalue weighted by atomic mass is 9.64. The fourth-order valence-electron chi connectivity index (χ4n) is 5.44. The predicted octanol–water partition coefficient (Wildman–Crippen LogP) is 5.55. The Morgan fingerprint density at radius 1 is 1.00 bits per heavy atom. The summed E-state index contributed by atoms with van der Waals surface area (Å²) in [6.07, 6.45) is 4.41. The fraction of sp³-hybridized carbons (Fsp3) is 0.481. The first-order valence-corrected chi connectivity index (χ1v) is 11.5. The number of aryl methyl sites for hydroxylation is 1. The van der Waals surface area contributed by atoms with Gasteiger partial charge in [-0.15, -0.1) is 0 Å². The summed E-state index contributed by atoms with van der Waals surface area (Å²) in [4.78, 5) is 24.4. The molecule has 0 bridgehead atoms. The van der Waals surface area contributed by atoms with E-state index >= 15 is 0 Å². The van der Waals surface area contributed by atoms with Crippen LogP contribution < -0.4 is 14.2 Å². The third-order valence-electron chi connectivity index (χ3n) is 7.58. The summed E-state index contributed by atoms with van der Waals surface area (Å²) in [7, 11) is 3.14. The minimum Gasteiger partial charge on any atom is -0.493 e. The first-order valence-electron chi connectivity index (χ1n) is 11.5. The summed E-state index contributed by atoms with van der Waals surface area (Å²) in [6.45, 7) is 4.17. The second-order valence-electron chi connectivity index (χ2n) is 9.74. The van der Waals surface area contributed by atoms with Crippen LogP contribution in [0.5, 0.6) is 17.2 Å². The summed E-state index contributed by atoms with van der Waals surface area (Å²) >= 11 is 0. The van der Waals surface area contributed by atoms with E-state index in [1.165, 1.54) is 0 Å². The molecule has 1 fully saturated rings. The lowest BCUT2D eigenvalue weighted by Crippen LogP contribution is -2.46. The quantitative estimate of drug-likeness (QED) is 0.565. The van der Waals surface area contributed by atoms with Crippen LogP contribution in [0, 0.1) is 10.8 Å². The van der Waals surface area contributed by atoms with E-state index in [1.807, 2.05) is 44.2 Å². The fourth-order valence-corrected chi connectivity index (χ4v) is 5.44. The topological polar surface area (TPSA) is 82.1 Å². The molecule has 6 nitrogen and oxygen atoms in total. The minimum absolute atomic E-state index is 0.178. The van der Waals surface area contributed by atoms with Gasteiger partial charge in [0.05, 0.1) is 26.2 Å². The number of rotatable bonds is 8. The molecular weight excluding hydrogens is 420 g/mol. The SMILES string of the molecule is COc1ccc(-c2ccc3c(c2)CCC3=O)c(OCC(C)(C)C2(C(=O)O)CCCC2)c1OC. The summed E-state index contributed by atoms with van der Waals surface area (Å²) in [5, 5.41) is 10.1. The number of ether oxygens (including phenoxy) is 3. The number of benzene rings is 2. The number of methoxy groups -OCH3 is 2. The molecule has 0 saturated heterocycles. The van der Waals surface area contributed by atoms with E-state index < -0.39 is 16.8 Å². The standard InChI is InChI=1S/C27H32O6/c1-26(2,27(25(29)30)13-5-6-14-27)16-33-23-20(10-12-22(31-3)24(23)32-4)18-7-9-19-17(15-18)8-11-21(19)28/h7,9-10,12,15H,5-6,8,11,13-14,16H2,1-4H3,(H,29,30). The molecule has 0 radical (unpaired) electrons. The molecule has 2 aliphatic rings. The largest absolute Gasteiger partial charge is 0.493 e. The maximum absolute atomic E-state index is 12.3. The third-order valence-corrected chi connectivity index (χ3v) is 7.58. The third kappa shape index (κ3) is 3.85. The van der Waals surface area contributed by atoms with Crippen LogP contribution in [0.3, 0.4) is 0 Å². The first kappa shape index (κ1) is 23.1. The molecule has 0 atom stereocenters. The maximum Gasteiger partial charge on any atom is 0.310 e. The zero-order valence-electron chi connectivity index (χ0n) is 19.8. The van der Waals surface area contributed by atoms with Gasteiger partial charge in [-0.3, -0.25) is 9.59 Å². The van der Waals surface area contributed by atoms with Crippen molar-refractivity contribution in [3.63, 3.8) is 0 Å². The number of hydrogen-bond acceptors (Lipinski definition) is 5. The van der Waals surface area contributed by atoms with Crippen LogP contribution in [0.25, 0.3) is 11.1 Å². The van der Waals surface area contributed by atoms with Crippen LogP contribution in [0.15, 0.2) is 30.3 Å². The maximum atomic E-state index is 12.3. The molecule has 0 amide bonds. The lowest BCUT2D eigenvalue weighted by molar-refractivity contribution is -0.158. The number of carbonyl (C=O) groups is 2. The summed E-state index contributed by atoms with van der Waals surface area (Å²) in [5.74, 6) is 0.956. The van der Waals surface area contributed by atoms with Crippen molar-refractivity contribution >= 4 is 11.8 Å². The van der Waals surface area contributed by atoms with Crippen LogP contribution in [-0.2, 0) is 11.2 Å². The van der Waals surface area contributed by atoms with Gasteiger partial charge in [-0.25, -0.2) is 0 Å². The minimum atomic E-state index is -0.812. The lowest BCUT2D eigenvalue weighted by Gasteiger charge is -2.40. The van der Waals surface area contributed by atoms with E-state index in [9.17, 15) is 14.7 Å². The van der Waals surface area contributed by atoms with Gasteiger partial charge in [0, 0.05) is 23.0 Å². The molecule has 2 aliphatic carbocycles. The monoisotopic (exact) mass is 452 g/mol. The molecule has 6 heteroatoms. The zero-order chi connectivity index (χ0) is 23.8. The average Bonchev–Trinajstić information content (AvgIpc) is 3.45. The Hall–Kier alpha value is -3.02. The molecule has 33 heavy (non-hydrogen) atoms. The second-order valence-corrected chi connectivity index (χ2v) is 9.74. The Balaban J connectivity index is 1.74. The molecule has 176 valence electrons. The Kier molecular flexibility index (Phi) is 6.12. The molecule has 1 saturated carbocycles. The number of carbonyl (C=O) groups excluding carboxylic acids is 1.